The van der Waals surface area contributed by atoms with Crippen LogP contribution in [0, 0.1) is 13.8 Å². The second-order valence-electron chi connectivity index (χ2n) is 6.60. The van der Waals surface area contributed by atoms with Crippen LogP contribution in [0.4, 0.5) is 11.4 Å². The lowest BCUT2D eigenvalue weighted by atomic mass is 10.1. The summed E-state index contributed by atoms with van der Waals surface area (Å²) < 4.78 is 0. The standard InChI is InChI=1S/C22H19ClN2O4/c1-12-3-5-14(9-19(12)26)21(28)24-17-8-7-16(23)11-18(17)25-22(29)15-6-4-13(2)20(27)10-15/h3-11,26-27H,1-2H3,(H,24,28)(H,25,29). The lowest BCUT2D eigenvalue weighted by molar-refractivity contribution is 0.101. The van der Waals surface area contributed by atoms with Crippen LogP contribution in [-0.2, 0) is 0 Å². The Morgan fingerprint density at radius 1 is 0.724 bits per heavy atom. The van der Waals surface area contributed by atoms with Gasteiger partial charge in [0.05, 0.1) is 11.4 Å². The first-order valence-electron chi connectivity index (χ1n) is 8.76. The summed E-state index contributed by atoms with van der Waals surface area (Å²) >= 11 is 6.05. The highest BCUT2D eigenvalue weighted by Gasteiger charge is 2.14. The van der Waals surface area contributed by atoms with Gasteiger partial charge in [0.25, 0.3) is 11.8 Å². The van der Waals surface area contributed by atoms with Crippen molar-refractivity contribution in [3.05, 3.63) is 81.9 Å². The van der Waals surface area contributed by atoms with Crippen LogP contribution < -0.4 is 10.6 Å². The summed E-state index contributed by atoms with van der Waals surface area (Å²) in [6, 6.07) is 13.8. The highest BCUT2D eigenvalue weighted by atomic mass is 35.5. The third-order valence-electron chi connectivity index (χ3n) is 4.42. The van der Waals surface area contributed by atoms with Crippen LogP contribution in [-0.4, -0.2) is 22.0 Å². The van der Waals surface area contributed by atoms with Gasteiger partial charge >= 0.3 is 0 Å². The summed E-state index contributed by atoms with van der Waals surface area (Å²) in [5.74, 6) is -0.893. The normalized spacial score (nSPS) is 10.4. The van der Waals surface area contributed by atoms with Crippen molar-refractivity contribution in [3.8, 4) is 11.5 Å². The number of phenolic OH excluding ortho intramolecular Hbond substituents is 2. The largest absolute Gasteiger partial charge is 0.508 e. The highest BCUT2D eigenvalue weighted by molar-refractivity contribution is 6.31. The van der Waals surface area contributed by atoms with Crippen LogP contribution >= 0.6 is 11.6 Å². The Morgan fingerprint density at radius 2 is 1.21 bits per heavy atom. The van der Waals surface area contributed by atoms with Gasteiger partial charge in [0.2, 0.25) is 0 Å². The van der Waals surface area contributed by atoms with E-state index in [0.29, 0.717) is 27.5 Å². The zero-order valence-electron chi connectivity index (χ0n) is 15.8. The molecular weight excluding hydrogens is 392 g/mol. The average Bonchev–Trinajstić information content (AvgIpc) is 2.68. The van der Waals surface area contributed by atoms with E-state index in [0.717, 1.165) is 0 Å². The molecule has 0 unspecified atom stereocenters. The van der Waals surface area contributed by atoms with E-state index < -0.39 is 11.8 Å². The van der Waals surface area contributed by atoms with Crippen LogP contribution in [0.5, 0.6) is 11.5 Å². The number of halogens is 1. The lowest BCUT2D eigenvalue weighted by Crippen LogP contribution is -2.17. The van der Waals surface area contributed by atoms with E-state index in [-0.39, 0.29) is 22.6 Å². The minimum Gasteiger partial charge on any atom is -0.508 e. The van der Waals surface area contributed by atoms with E-state index >= 15 is 0 Å². The number of aromatic hydroxyl groups is 2. The fourth-order valence-electron chi connectivity index (χ4n) is 2.62. The Labute approximate surface area is 172 Å². The number of anilines is 2. The van der Waals surface area contributed by atoms with Crippen molar-refractivity contribution in [1.29, 1.82) is 0 Å². The van der Waals surface area contributed by atoms with Crippen LogP contribution in [0.3, 0.4) is 0 Å². The van der Waals surface area contributed by atoms with Crippen molar-refractivity contribution in [2.75, 3.05) is 10.6 Å². The van der Waals surface area contributed by atoms with Gasteiger partial charge in [-0.15, -0.1) is 0 Å². The third-order valence-corrected chi connectivity index (χ3v) is 4.66. The topological polar surface area (TPSA) is 98.7 Å². The van der Waals surface area contributed by atoms with Gasteiger partial charge in [0.15, 0.2) is 0 Å². The van der Waals surface area contributed by atoms with Gasteiger partial charge in [0.1, 0.15) is 11.5 Å². The monoisotopic (exact) mass is 410 g/mol. The molecule has 0 aromatic heterocycles. The molecule has 0 fully saturated rings. The Kier molecular flexibility index (Phi) is 5.75. The van der Waals surface area contributed by atoms with Gasteiger partial charge < -0.3 is 20.8 Å². The number of hydrogen-bond donors (Lipinski definition) is 4. The molecule has 0 spiro atoms. The number of carbonyl (C=O) groups excluding carboxylic acids is 2. The van der Waals surface area contributed by atoms with Crippen LogP contribution in [0.15, 0.2) is 54.6 Å². The number of nitrogens with one attached hydrogen (secondary N) is 2. The summed E-state index contributed by atoms with van der Waals surface area (Å²) in [6.45, 7) is 3.46. The minimum atomic E-state index is -0.467. The van der Waals surface area contributed by atoms with Gasteiger partial charge in [-0.25, -0.2) is 0 Å². The Bertz CT molecular complexity index is 1110. The predicted molar refractivity (Wildman–Crippen MR) is 113 cm³/mol. The maximum Gasteiger partial charge on any atom is 0.255 e. The molecule has 0 heterocycles. The van der Waals surface area contributed by atoms with E-state index in [9.17, 15) is 19.8 Å². The van der Waals surface area contributed by atoms with Gasteiger partial charge in [-0.05, 0) is 67.4 Å². The predicted octanol–water partition coefficient (Wildman–Crippen LogP) is 4.87. The summed E-state index contributed by atoms with van der Waals surface area (Å²) in [5, 5.41) is 25.4. The number of amides is 2. The molecule has 6 nitrogen and oxygen atoms in total. The molecular formula is C22H19ClN2O4. The fourth-order valence-corrected chi connectivity index (χ4v) is 2.79. The summed E-state index contributed by atoms with van der Waals surface area (Å²) in [7, 11) is 0. The van der Waals surface area contributed by atoms with Crippen LogP contribution in [0.2, 0.25) is 5.02 Å². The average molecular weight is 411 g/mol. The maximum atomic E-state index is 12.6. The molecule has 0 radical (unpaired) electrons. The van der Waals surface area contributed by atoms with E-state index in [1.165, 1.54) is 18.2 Å². The van der Waals surface area contributed by atoms with Gasteiger partial charge in [-0.2, -0.15) is 0 Å². The van der Waals surface area contributed by atoms with E-state index in [1.54, 1.807) is 50.2 Å². The van der Waals surface area contributed by atoms with Crippen LogP contribution in [0.25, 0.3) is 0 Å². The van der Waals surface area contributed by atoms with Crippen molar-refractivity contribution in [1.82, 2.24) is 0 Å². The van der Waals surface area contributed by atoms with Crippen molar-refractivity contribution in [3.63, 3.8) is 0 Å². The van der Waals surface area contributed by atoms with E-state index in [2.05, 4.69) is 10.6 Å². The summed E-state index contributed by atoms with van der Waals surface area (Å²) in [6.07, 6.45) is 0. The van der Waals surface area contributed by atoms with Crippen molar-refractivity contribution < 1.29 is 19.8 Å². The minimum absolute atomic E-state index is 0.0106. The number of rotatable bonds is 4. The lowest BCUT2D eigenvalue weighted by Gasteiger charge is -2.14. The molecule has 3 aromatic carbocycles. The number of carbonyl (C=O) groups is 2. The molecule has 4 N–H and O–H groups in total. The summed E-state index contributed by atoms with van der Waals surface area (Å²) in [5.41, 5.74) is 2.47. The second-order valence-corrected chi connectivity index (χ2v) is 7.04. The summed E-state index contributed by atoms with van der Waals surface area (Å²) in [4.78, 5) is 25.1. The molecule has 2 amide bonds. The zero-order valence-corrected chi connectivity index (χ0v) is 16.5. The SMILES string of the molecule is Cc1ccc(C(=O)Nc2ccc(Cl)cc2NC(=O)c2ccc(C)c(O)c2)cc1O. The number of hydrogen-bond acceptors (Lipinski definition) is 4. The van der Waals surface area contributed by atoms with Crippen molar-refractivity contribution in [2.24, 2.45) is 0 Å². The molecule has 0 aliphatic rings. The zero-order chi connectivity index (χ0) is 21.1. The van der Waals surface area contributed by atoms with Crippen molar-refractivity contribution >= 4 is 34.8 Å². The molecule has 0 aliphatic heterocycles. The molecule has 3 rings (SSSR count). The van der Waals surface area contributed by atoms with E-state index in [1.807, 2.05) is 0 Å². The number of benzene rings is 3. The second kappa shape index (κ2) is 8.24. The third kappa shape index (κ3) is 4.67. The fraction of sp³-hybridized carbons (Fsp3) is 0.0909. The molecule has 148 valence electrons. The molecule has 0 atom stereocenters. The molecule has 0 saturated heterocycles. The van der Waals surface area contributed by atoms with E-state index in [4.69, 9.17) is 11.6 Å². The number of aryl methyl sites for hydroxylation is 2. The Morgan fingerprint density at radius 3 is 1.69 bits per heavy atom. The first-order chi connectivity index (χ1) is 13.7. The first-order valence-corrected chi connectivity index (χ1v) is 9.14. The molecule has 3 aromatic rings. The van der Waals surface area contributed by atoms with Gasteiger partial charge in [0, 0.05) is 16.1 Å². The molecule has 7 heteroatoms. The highest BCUT2D eigenvalue weighted by Crippen LogP contribution is 2.28. The Hall–Kier alpha value is -3.51. The van der Waals surface area contributed by atoms with Gasteiger partial charge in [-0.1, -0.05) is 23.7 Å². The molecule has 0 aliphatic carbocycles. The molecule has 0 saturated carbocycles. The molecule has 0 bridgehead atoms. The maximum absolute atomic E-state index is 12.6. The van der Waals surface area contributed by atoms with Gasteiger partial charge in [-0.3, -0.25) is 9.59 Å². The van der Waals surface area contributed by atoms with Crippen LogP contribution in [0.1, 0.15) is 31.8 Å². The quantitative estimate of drug-likeness (QED) is 0.493. The van der Waals surface area contributed by atoms with Crippen molar-refractivity contribution in [2.45, 2.75) is 13.8 Å². The first kappa shape index (κ1) is 20.2. The number of phenols is 2. The Balaban J connectivity index is 1.85. The smallest absolute Gasteiger partial charge is 0.255 e. The molecule has 29 heavy (non-hydrogen) atoms.